The number of nitrogens with two attached hydrogens (primary N) is 1. The fraction of sp³-hybridized carbons (Fsp3) is 0.133. The number of hydrogen-bond donors (Lipinski definition) is 4. The molecule has 2 aromatic rings. The highest BCUT2D eigenvalue weighted by Gasteiger charge is 2.13. The van der Waals surface area contributed by atoms with Gasteiger partial charge < -0.3 is 15.7 Å². The van der Waals surface area contributed by atoms with E-state index >= 15 is 0 Å². The van der Waals surface area contributed by atoms with E-state index in [2.05, 4.69) is 10.6 Å². The minimum absolute atomic E-state index is 0.0562. The highest BCUT2D eigenvalue weighted by molar-refractivity contribution is 7.89. The first-order chi connectivity index (χ1) is 10.7. The summed E-state index contributed by atoms with van der Waals surface area (Å²) in [5.41, 5.74) is 2.40. The van der Waals surface area contributed by atoms with E-state index in [9.17, 15) is 18.3 Å². The van der Waals surface area contributed by atoms with Crippen LogP contribution in [-0.4, -0.2) is 19.6 Å². The van der Waals surface area contributed by atoms with E-state index in [-0.39, 0.29) is 16.3 Å². The summed E-state index contributed by atoms with van der Waals surface area (Å²) in [5, 5.41) is 19.8. The molecule has 122 valence electrons. The third kappa shape index (κ3) is 4.21. The largest absolute Gasteiger partial charge is 0.506 e. The Hall–Kier alpha value is -2.58. The van der Waals surface area contributed by atoms with E-state index < -0.39 is 16.1 Å². The van der Waals surface area contributed by atoms with Crippen molar-refractivity contribution in [2.24, 2.45) is 5.14 Å². The molecule has 0 aliphatic rings. The van der Waals surface area contributed by atoms with Crippen molar-refractivity contribution in [3.63, 3.8) is 0 Å². The van der Waals surface area contributed by atoms with Crippen LogP contribution in [0, 0.1) is 13.8 Å². The molecule has 0 heterocycles. The fourth-order valence-electron chi connectivity index (χ4n) is 1.94. The lowest BCUT2D eigenvalue weighted by Gasteiger charge is -2.12. The molecular formula is C15H17N3O4S. The highest BCUT2D eigenvalue weighted by atomic mass is 32.2. The maximum atomic E-state index is 12.0. The van der Waals surface area contributed by atoms with Crippen molar-refractivity contribution in [1.29, 1.82) is 0 Å². The van der Waals surface area contributed by atoms with Gasteiger partial charge >= 0.3 is 6.03 Å². The van der Waals surface area contributed by atoms with Crippen molar-refractivity contribution >= 4 is 27.4 Å². The Kier molecular flexibility index (Phi) is 4.57. The Morgan fingerprint density at radius 3 is 2.35 bits per heavy atom. The van der Waals surface area contributed by atoms with Crippen LogP contribution >= 0.6 is 0 Å². The van der Waals surface area contributed by atoms with Crippen molar-refractivity contribution in [3.05, 3.63) is 47.5 Å². The predicted molar refractivity (Wildman–Crippen MR) is 88.0 cm³/mol. The second-order valence-corrected chi connectivity index (χ2v) is 6.68. The Balaban J connectivity index is 2.22. The van der Waals surface area contributed by atoms with Crippen molar-refractivity contribution in [2.45, 2.75) is 18.7 Å². The van der Waals surface area contributed by atoms with E-state index in [0.717, 1.165) is 29.3 Å². The zero-order valence-electron chi connectivity index (χ0n) is 12.6. The zero-order valence-corrected chi connectivity index (χ0v) is 13.4. The third-order valence-electron chi connectivity index (χ3n) is 3.19. The average molecular weight is 335 g/mol. The Morgan fingerprint density at radius 2 is 1.70 bits per heavy atom. The van der Waals surface area contributed by atoms with Crippen molar-refractivity contribution in [2.75, 3.05) is 10.6 Å². The van der Waals surface area contributed by atoms with Crippen molar-refractivity contribution < 1.29 is 18.3 Å². The van der Waals surface area contributed by atoms with Gasteiger partial charge in [-0.2, -0.15) is 0 Å². The number of phenolic OH excluding ortho intramolecular Hbond substituents is 1. The molecule has 8 heteroatoms. The van der Waals surface area contributed by atoms with Crippen LogP contribution in [-0.2, 0) is 10.0 Å². The maximum absolute atomic E-state index is 12.0. The quantitative estimate of drug-likeness (QED) is 0.643. The number of aryl methyl sites for hydroxylation is 2. The number of nitrogens with one attached hydrogen (secondary N) is 2. The third-order valence-corrected chi connectivity index (χ3v) is 4.10. The predicted octanol–water partition coefficient (Wildman–Crippen LogP) is 2.30. The van der Waals surface area contributed by atoms with Gasteiger partial charge in [0.15, 0.2) is 0 Å². The molecule has 0 spiro atoms. The Labute approximate surface area is 134 Å². The topological polar surface area (TPSA) is 122 Å². The van der Waals surface area contributed by atoms with E-state index in [1.165, 1.54) is 0 Å². The number of rotatable bonds is 3. The molecule has 0 saturated heterocycles. The SMILES string of the molecule is Cc1ccc(C)c(NC(=O)Nc2cc(S(N)(=O)=O)ccc2O)c1. The number of carbonyl (C=O) groups excluding carboxylic acids is 1. The molecule has 0 aromatic heterocycles. The Morgan fingerprint density at radius 1 is 1.04 bits per heavy atom. The van der Waals surface area contributed by atoms with Crippen LogP contribution in [0.3, 0.4) is 0 Å². The van der Waals surface area contributed by atoms with Gasteiger partial charge in [0.1, 0.15) is 5.75 Å². The van der Waals surface area contributed by atoms with E-state index in [1.54, 1.807) is 6.07 Å². The van der Waals surface area contributed by atoms with Gasteiger partial charge in [0.2, 0.25) is 10.0 Å². The standard InChI is InChI=1S/C15H17N3O4S/c1-9-3-4-10(2)12(7-9)17-15(20)18-13-8-11(23(16,21)22)5-6-14(13)19/h3-8,19H,1-2H3,(H2,16,21,22)(H2,17,18,20). The molecule has 5 N–H and O–H groups in total. The summed E-state index contributed by atoms with van der Waals surface area (Å²) in [5.74, 6) is -0.270. The molecule has 2 amide bonds. The van der Waals surface area contributed by atoms with Gasteiger partial charge in [-0.3, -0.25) is 0 Å². The van der Waals surface area contributed by atoms with E-state index in [1.807, 2.05) is 26.0 Å². The lowest BCUT2D eigenvalue weighted by Crippen LogP contribution is -2.20. The van der Waals surface area contributed by atoms with Gasteiger partial charge in [0.25, 0.3) is 0 Å². The number of carbonyl (C=O) groups is 1. The molecule has 2 rings (SSSR count). The lowest BCUT2D eigenvalue weighted by atomic mass is 10.1. The van der Waals surface area contributed by atoms with Gasteiger partial charge in [-0.1, -0.05) is 12.1 Å². The fourth-order valence-corrected chi connectivity index (χ4v) is 2.48. The average Bonchev–Trinajstić information content (AvgIpc) is 2.44. The molecule has 0 unspecified atom stereocenters. The minimum Gasteiger partial charge on any atom is -0.506 e. The molecule has 23 heavy (non-hydrogen) atoms. The van der Waals surface area contributed by atoms with Crippen LogP contribution in [0.25, 0.3) is 0 Å². The summed E-state index contributed by atoms with van der Waals surface area (Å²) in [6.07, 6.45) is 0. The van der Waals surface area contributed by atoms with Gasteiger partial charge in [-0.25, -0.2) is 18.4 Å². The molecule has 0 aliphatic carbocycles. The summed E-state index contributed by atoms with van der Waals surface area (Å²) < 4.78 is 22.6. The molecule has 0 saturated carbocycles. The molecule has 0 fully saturated rings. The number of primary sulfonamides is 1. The normalized spacial score (nSPS) is 11.1. The summed E-state index contributed by atoms with van der Waals surface area (Å²) >= 11 is 0. The zero-order chi connectivity index (χ0) is 17.2. The number of anilines is 2. The summed E-state index contributed by atoms with van der Waals surface area (Å²) in [4.78, 5) is 11.8. The van der Waals surface area contributed by atoms with Crippen LogP contribution < -0.4 is 15.8 Å². The van der Waals surface area contributed by atoms with Crippen LogP contribution in [0.15, 0.2) is 41.3 Å². The molecule has 2 aromatic carbocycles. The monoisotopic (exact) mass is 335 g/mol. The molecule has 0 radical (unpaired) electrons. The van der Waals surface area contributed by atoms with Crippen LogP contribution in [0.2, 0.25) is 0 Å². The number of phenols is 1. The highest BCUT2D eigenvalue weighted by Crippen LogP contribution is 2.26. The Bertz CT molecular complexity index is 863. The lowest BCUT2D eigenvalue weighted by molar-refractivity contribution is 0.262. The first-order valence-electron chi connectivity index (χ1n) is 6.68. The molecule has 0 aliphatic heterocycles. The number of benzene rings is 2. The molecule has 0 atom stereocenters. The number of urea groups is 1. The van der Waals surface area contributed by atoms with Gasteiger partial charge in [-0.05, 0) is 49.2 Å². The van der Waals surface area contributed by atoms with Crippen molar-refractivity contribution in [3.8, 4) is 5.75 Å². The van der Waals surface area contributed by atoms with Gasteiger partial charge in [0.05, 0.1) is 10.6 Å². The number of sulfonamides is 1. The number of amides is 2. The second kappa shape index (κ2) is 6.27. The molecular weight excluding hydrogens is 318 g/mol. The summed E-state index contributed by atoms with van der Waals surface area (Å²) in [6.45, 7) is 3.73. The van der Waals surface area contributed by atoms with Crippen LogP contribution in [0.5, 0.6) is 5.75 Å². The smallest absolute Gasteiger partial charge is 0.323 e. The van der Waals surface area contributed by atoms with E-state index in [0.29, 0.717) is 5.69 Å². The maximum Gasteiger partial charge on any atom is 0.323 e. The molecule has 0 bridgehead atoms. The van der Waals surface area contributed by atoms with Crippen molar-refractivity contribution in [1.82, 2.24) is 0 Å². The summed E-state index contributed by atoms with van der Waals surface area (Å²) in [6, 6.07) is 8.36. The minimum atomic E-state index is -3.93. The van der Waals surface area contributed by atoms with Gasteiger partial charge in [-0.15, -0.1) is 0 Å². The van der Waals surface area contributed by atoms with Gasteiger partial charge in [0, 0.05) is 5.69 Å². The first-order valence-corrected chi connectivity index (χ1v) is 8.22. The number of hydrogen-bond acceptors (Lipinski definition) is 4. The second-order valence-electron chi connectivity index (χ2n) is 5.12. The van der Waals surface area contributed by atoms with Crippen LogP contribution in [0.1, 0.15) is 11.1 Å². The summed E-state index contributed by atoms with van der Waals surface area (Å²) in [7, 11) is -3.93. The molecule has 7 nitrogen and oxygen atoms in total. The first kappa shape index (κ1) is 16.8. The van der Waals surface area contributed by atoms with E-state index in [4.69, 9.17) is 5.14 Å². The number of aromatic hydroxyl groups is 1. The van der Waals surface area contributed by atoms with Crippen LogP contribution in [0.4, 0.5) is 16.2 Å².